The van der Waals surface area contributed by atoms with Gasteiger partial charge in [-0.1, -0.05) is 51.3 Å². The average Bonchev–Trinajstić information content (AvgIpc) is 2.86. The van der Waals surface area contributed by atoms with Gasteiger partial charge in [0, 0.05) is 17.7 Å². The lowest BCUT2D eigenvalue weighted by Crippen LogP contribution is -1.99. The molecule has 0 aliphatic rings. The summed E-state index contributed by atoms with van der Waals surface area (Å²) in [5, 5.41) is 4.71. The maximum Gasteiger partial charge on any atom is 0.180 e. The largest absolute Gasteiger partial charge is 0.265 e. The van der Waals surface area contributed by atoms with Gasteiger partial charge < -0.3 is 0 Å². The van der Waals surface area contributed by atoms with E-state index in [-0.39, 0.29) is 0 Å². The quantitative estimate of drug-likeness (QED) is 0.606. The molecule has 3 rings (SSSR count). The van der Waals surface area contributed by atoms with Gasteiger partial charge in [0.25, 0.3) is 0 Å². The number of aryl methyl sites for hydroxylation is 1. The van der Waals surface area contributed by atoms with Crippen LogP contribution in [-0.4, -0.2) is 19.7 Å². The molecule has 0 aliphatic heterocycles. The zero-order valence-corrected chi connectivity index (χ0v) is 14.0. The summed E-state index contributed by atoms with van der Waals surface area (Å²) in [5.74, 6) is 0.450. The highest BCUT2D eigenvalue weighted by Crippen LogP contribution is 2.34. The minimum atomic E-state index is 0.313. The molecular weight excluding hydrogens is 375 g/mol. The Kier molecular flexibility index (Phi) is 3.97. The molecule has 0 saturated carbocycles. The van der Waals surface area contributed by atoms with Crippen molar-refractivity contribution in [3.05, 3.63) is 51.3 Å². The van der Waals surface area contributed by atoms with E-state index >= 15 is 0 Å². The van der Waals surface area contributed by atoms with E-state index in [1.54, 1.807) is 16.9 Å². The van der Waals surface area contributed by atoms with Crippen molar-refractivity contribution in [2.45, 2.75) is 0 Å². The Morgan fingerprint density at radius 2 is 1.62 bits per heavy atom. The third kappa shape index (κ3) is 2.81. The van der Waals surface area contributed by atoms with Crippen LogP contribution in [0.1, 0.15) is 0 Å². The first-order valence-corrected chi connectivity index (χ1v) is 7.58. The van der Waals surface area contributed by atoms with E-state index in [4.69, 9.17) is 23.2 Å². The van der Waals surface area contributed by atoms with E-state index in [1.165, 1.54) is 0 Å². The summed E-state index contributed by atoms with van der Waals surface area (Å²) in [6.07, 6.45) is 1.67. The molecule has 0 bridgehead atoms. The molecule has 3 aromatic rings. The second-order valence-electron chi connectivity index (χ2n) is 4.35. The van der Waals surface area contributed by atoms with Gasteiger partial charge in [-0.2, -0.15) is 5.10 Å². The smallest absolute Gasteiger partial charge is 0.180 e. The summed E-state index contributed by atoms with van der Waals surface area (Å²) in [6.45, 7) is 0. The lowest BCUT2D eigenvalue weighted by Gasteiger charge is -2.09. The minimum absolute atomic E-state index is 0.313. The van der Waals surface area contributed by atoms with Gasteiger partial charge >= 0.3 is 0 Å². The number of halogens is 3. The summed E-state index contributed by atoms with van der Waals surface area (Å²) < 4.78 is 2.65. The molecule has 21 heavy (non-hydrogen) atoms. The highest BCUT2D eigenvalue weighted by molar-refractivity contribution is 9.10. The Morgan fingerprint density at radius 3 is 2.14 bits per heavy atom. The van der Waals surface area contributed by atoms with Crippen molar-refractivity contribution in [3.8, 4) is 22.6 Å². The molecule has 0 aliphatic carbocycles. The van der Waals surface area contributed by atoms with Gasteiger partial charge in [0.05, 0.1) is 5.56 Å². The first-order chi connectivity index (χ1) is 10.1. The number of nitrogens with zero attached hydrogens (tertiary/aromatic N) is 4. The van der Waals surface area contributed by atoms with Crippen LogP contribution in [0.3, 0.4) is 0 Å². The van der Waals surface area contributed by atoms with E-state index in [2.05, 4.69) is 31.0 Å². The molecule has 0 atom stereocenters. The van der Waals surface area contributed by atoms with Crippen LogP contribution < -0.4 is 0 Å². The highest BCUT2D eigenvalue weighted by atomic mass is 79.9. The van der Waals surface area contributed by atoms with Crippen molar-refractivity contribution in [1.82, 2.24) is 19.7 Å². The number of hydrogen-bond acceptors (Lipinski definition) is 3. The van der Waals surface area contributed by atoms with Crippen molar-refractivity contribution in [3.63, 3.8) is 0 Å². The molecule has 7 heteroatoms. The fraction of sp³-hybridized carbons (Fsp3) is 0.0714. The van der Waals surface area contributed by atoms with Crippen molar-refractivity contribution in [2.75, 3.05) is 0 Å². The van der Waals surface area contributed by atoms with E-state index in [9.17, 15) is 0 Å². The summed E-state index contributed by atoms with van der Waals surface area (Å²) in [6, 6.07) is 9.45. The lowest BCUT2D eigenvalue weighted by molar-refractivity contribution is 0.770. The molecule has 0 unspecified atom stereocenters. The van der Waals surface area contributed by atoms with E-state index < -0.39 is 0 Å². The number of hydrogen-bond donors (Lipinski definition) is 0. The second kappa shape index (κ2) is 5.75. The predicted molar refractivity (Wildman–Crippen MR) is 87.4 cm³/mol. The lowest BCUT2D eigenvalue weighted by atomic mass is 10.1. The molecule has 0 N–H and O–H groups in total. The molecular formula is C14H9BrCl2N4. The molecule has 2 aromatic heterocycles. The minimum Gasteiger partial charge on any atom is -0.265 e. The van der Waals surface area contributed by atoms with Crippen molar-refractivity contribution in [1.29, 1.82) is 0 Å². The third-order valence-corrected chi connectivity index (χ3v) is 4.08. The normalized spacial score (nSPS) is 10.9. The first kappa shape index (κ1) is 14.5. The molecule has 2 heterocycles. The van der Waals surface area contributed by atoms with Gasteiger partial charge in [-0.3, -0.25) is 4.68 Å². The van der Waals surface area contributed by atoms with Gasteiger partial charge in [-0.15, -0.1) is 0 Å². The van der Waals surface area contributed by atoms with E-state index in [1.807, 2.05) is 31.3 Å². The van der Waals surface area contributed by atoms with Gasteiger partial charge in [-0.25, -0.2) is 9.97 Å². The average molecular weight is 384 g/mol. The molecule has 0 radical (unpaired) electrons. The molecule has 4 nitrogen and oxygen atoms in total. The third-order valence-electron chi connectivity index (χ3n) is 3.00. The number of rotatable bonds is 2. The first-order valence-electron chi connectivity index (χ1n) is 6.03. The van der Waals surface area contributed by atoms with Crippen molar-refractivity contribution >= 4 is 39.1 Å². The van der Waals surface area contributed by atoms with Crippen LogP contribution in [0.4, 0.5) is 0 Å². The van der Waals surface area contributed by atoms with Crippen LogP contribution in [0.2, 0.25) is 10.3 Å². The molecule has 1 aromatic carbocycles. The monoisotopic (exact) mass is 382 g/mol. The number of aromatic nitrogens is 4. The highest BCUT2D eigenvalue weighted by Gasteiger charge is 2.16. The van der Waals surface area contributed by atoms with Gasteiger partial charge in [-0.05, 0) is 23.8 Å². The number of benzene rings is 1. The van der Waals surface area contributed by atoms with E-state index in [0.29, 0.717) is 21.7 Å². The van der Waals surface area contributed by atoms with Gasteiger partial charge in [0.15, 0.2) is 5.82 Å². The van der Waals surface area contributed by atoms with Crippen molar-refractivity contribution < 1.29 is 0 Å². The zero-order valence-electron chi connectivity index (χ0n) is 10.9. The SMILES string of the molecule is Cn1nccc1-c1nc(Cl)c(-c2ccc(Br)cc2)c(Cl)n1. The fourth-order valence-corrected chi connectivity index (χ4v) is 2.84. The molecule has 0 spiro atoms. The fourth-order valence-electron chi connectivity index (χ4n) is 1.97. The summed E-state index contributed by atoms with van der Waals surface area (Å²) in [4.78, 5) is 8.67. The standard InChI is InChI=1S/C14H9BrCl2N4/c1-21-10(6-7-18-21)14-19-12(16)11(13(17)20-14)8-2-4-9(15)5-3-8/h2-7H,1H3. The van der Waals surface area contributed by atoms with Crippen LogP contribution >= 0.6 is 39.1 Å². The predicted octanol–water partition coefficient (Wildman–Crippen LogP) is 4.61. The van der Waals surface area contributed by atoms with Gasteiger partial charge in [0.2, 0.25) is 0 Å². The Hall–Kier alpha value is -1.43. The van der Waals surface area contributed by atoms with Crippen LogP contribution in [0.25, 0.3) is 22.6 Å². The summed E-state index contributed by atoms with van der Waals surface area (Å²) >= 11 is 16.0. The van der Waals surface area contributed by atoms with Gasteiger partial charge in [0.1, 0.15) is 16.0 Å². The maximum atomic E-state index is 6.30. The zero-order chi connectivity index (χ0) is 15.0. The maximum absolute atomic E-state index is 6.30. The van der Waals surface area contributed by atoms with Crippen LogP contribution in [0.15, 0.2) is 41.0 Å². The Bertz CT molecular complexity index is 776. The Labute approximate surface area is 139 Å². The van der Waals surface area contributed by atoms with Crippen LogP contribution in [0.5, 0.6) is 0 Å². The summed E-state index contributed by atoms with van der Waals surface area (Å²) in [5.41, 5.74) is 2.24. The van der Waals surface area contributed by atoms with Crippen LogP contribution in [0, 0.1) is 0 Å². The molecule has 0 fully saturated rings. The van der Waals surface area contributed by atoms with Crippen LogP contribution in [-0.2, 0) is 7.05 Å². The Morgan fingerprint density at radius 1 is 1.00 bits per heavy atom. The molecule has 106 valence electrons. The molecule has 0 amide bonds. The van der Waals surface area contributed by atoms with Crippen molar-refractivity contribution in [2.24, 2.45) is 7.05 Å². The van der Waals surface area contributed by atoms with E-state index in [0.717, 1.165) is 15.7 Å². The molecule has 0 saturated heterocycles. The summed E-state index contributed by atoms with van der Waals surface area (Å²) in [7, 11) is 1.81. The second-order valence-corrected chi connectivity index (χ2v) is 5.98. The Balaban J connectivity index is 2.13. The topological polar surface area (TPSA) is 43.6 Å².